The molecule has 0 aromatic carbocycles. The molecule has 0 fully saturated rings. The van der Waals surface area contributed by atoms with Crippen molar-refractivity contribution in [2.24, 2.45) is 5.92 Å². The lowest BCUT2D eigenvalue weighted by atomic mass is 10.1. The second-order valence-corrected chi connectivity index (χ2v) is 7.09. The fraction of sp³-hybridized carbons (Fsp3) is 0.429. The first kappa shape index (κ1) is 18.0. The number of hydrogen-bond acceptors (Lipinski definition) is 6. The zero-order valence-electron chi connectivity index (χ0n) is 13.2. The fourth-order valence-electron chi connectivity index (χ4n) is 2.11. The Hall–Kier alpha value is -1.81. The number of fused-ring (bicyclic) bond motifs is 1. The molecule has 0 atom stereocenters. The van der Waals surface area contributed by atoms with Gasteiger partial charge in [-0.3, -0.25) is 4.40 Å². The van der Waals surface area contributed by atoms with E-state index in [0.717, 1.165) is 24.0 Å². The first-order valence-corrected chi connectivity index (χ1v) is 8.66. The molecule has 0 aliphatic heterocycles. The van der Waals surface area contributed by atoms with Crippen LogP contribution in [0, 0.1) is 5.92 Å². The van der Waals surface area contributed by atoms with Crippen LogP contribution in [0.1, 0.15) is 31.1 Å². The maximum Gasteiger partial charge on any atom is 0.417 e. The zero-order chi connectivity index (χ0) is 18.2. The molecule has 0 unspecified atom stereocenters. The van der Waals surface area contributed by atoms with Crippen molar-refractivity contribution in [3.05, 3.63) is 34.6 Å². The molecule has 0 aliphatic carbocycles. The van der Waals surface area contributed by atoms with Gasteiger partial charge in [-0.1, -0.05) is 42.4 Å². The van der Waals surface area contributed by atoms with E-state index in [0.29, 0.717) is 24.1 Å². The van der Waals surface area contributed by atoms with E-state index in [4.69, 9.17) is 16.1 Å². The molecule has 6 nitrogen and oxygen atoms in total. The van der Waals surface area contributed by atoms with Gasteiger partial charge < -0.3 is 4.52 Å². The normalized spacial score (nSPS) is 12.4. The summed E-state index contributed by atoms with van der Waals surface area (Å²) in [5.41, 5.74) is -0.716. The van der Waals surface area contributed by atoms with Crippen molar-refractivity contribution >= 4 is 29.0 Å². The molecule has 0 bridgehead atoms. The van der Waals surface area contributed by atoms with Crippen LogP contribution in [0.3, 0.4) is 0 Å². The maximum atomic E-state index is 12.9. The summed E-state index contributed by atoms with van der Waals surface area (Å²) in [6.45, 7) is 4.07. The molecular weight excluding hydrogens is 379 g/mol. The highest BCUT2D eigenvalue weighted by Crippen LogP contribution is 2.33. The molecule has 0 N–H and O–H groups in total. The molecule has 25 heavy (non-hydrogen) atoms. The van der Waals surface area contributed by atoms with E-state index in [9.17, 15) is 13.2 Å². The predicted octanol–water partition coefficient (Wildman–Crippen LogP) is 4.28. The standard InChI is InChI=1S/C14H13ClF3N5OS/c1-7(2)3-10-19-11(24-22-10)6-25-13-21-20-12-9(15)4-8(5-23(12)13)14(16,17)18/h4-5,7H,3,6H2,1-2H3. The SMILES string of the molecule is CC(C)Cc1noc(CSc2nnc3c(Cl)cc(C(F)(F)F)cn23)n1. The lowest BCUT2D eigenvalue weighted by Crippen LogP contribution is -2.07. The van der Waals surface area contributed by atoms with Crippen LogP contribution < -0.4 is 0 Å². The van der Waals surface area contributed by atoms with Crippen LogP contribution in [0.15, 0.2) is 21.9 Å². The van der Waals surface area contributed by atoms with Crippen molar-refractivity contribution in [2.75, 3.05) is 0 Å². The molecule has 3 heterocycles. The summed E-state index contributed by atoms with van der Waals surface area (Å²) in [6, 6.07) is 0.830. The molecule has 0 saturated heterocycles. The molecule has 0 spiro atoms. The predicted molar refractivity (Wildman–Crippen MR) is 85.4 cm³/mol. The Morgan fingerprint density at radius 2 is 2.08 bits per heavy atom. The number of nitrogens with zero attached hydrogens (tertiary/aromatic N) is 5. The van der Waals surface area contributed by atoms with Gasteiger partial charge in [0.25, 0.3) is 0 Å². The minimum absolute atomic E-state index is 0.119. The molecule has 0 amide bonds. The van der Waals surface area contributed by atoms with E-state index in [1.54, 1.807) is 0 Å². The number of aromatic nitrogens is 5. The van der Waals surface area contributed by atoms with Crippen molar-refractivity contribution in [1.29, 1.82) is 0 Å². The Kier molecular flexibility index (Phi) is 4.92. The fourth-order valence-corrected chi connectivity index (χ4v) is 3.10. The van der Waals surface area contributed by atoms with E-state index in [-0.39, 0.29) is 21.6 Å². The summed E-state index contributed by atoms with van der Waals surface area (Å²) in [7, 11) is 0. The minimum Gasteiger partial charge on any atom is -0.338 e. The number of rotatable bonds is 5. The van der Waals surface area contributed by atoms with Gasteiger partial charge in [0.1, 0.15) is 0 Å². The lowest BCUT2D eigenvalue weighted by Gasteiger charge is -2.08. The molecular formula is C14H13ClF3N5OS. The van der Waals surface area contributed by atoms with E-state index in [1.807, 2.05) is 13.8 Å². The van der Waals surface area contributed by atoms with Gasteiger partial charge in [0, 0.05) is 12.6 Å². The zero-order valence-corrected chi connectivity index (χ0v) is 14.8. The highest BCUT2D eigenvalue weighted by atomic mass is 35.5. The molecule has 0 saturated carbocycles. The molecule has 3 aromatic rings. The molecule has 3 aromatic heterocycles. The van der Waals surface area contributed by atoms with Crippen LogP contribution in [0.5, 0.6) is 0 Å². The quantitative estimate of drug-likeness (QED) is 0.605. The van der Waals surface area contributed by atoms with Gasteiger partial charge in [-0.25, -0.2) is 0 Å². The van der Waals surface area contributed by atoms with Gasteiger partial charge in [-0.05, 0) is 12.0 Å². The molecule has 0 aliphatic rings. The Bertz CT molecular complexity index is 892. The average Bonchev–Trinajstić information content (AvgIpc) is 3.10. The highest BCUT2D eigenvalue weighted by molar-refractivity contribution is 7.98. The topological polar surface area (TPSA) is 69.1 Å². The molecule has 134 valence electrons. The van der Waals surface area contributed by atoms with E-state index >= 15 is 0 Å². The first-order chi connectivity index (χ1) is 11.7. The monoisotopic (exact) mass is 391 g/mol. The van der Waals surface area contributed by atoms with Gasteiger partial charge in [0.2, 0.25) is 5.89 Å². The maximum absolute atomic E-state index is 12.9. The third-order valence-corrected chi connectivity index (χ3v) is 4.39. The van der Waals surface area contributed by atoms with Crippen molar-refractivity contribution in [3.8, 4) is 0 Å². The van der Waals surface area contributed by atoms with Gasteiger partial charge >= 0.3 is 6.18 Å². The number of thioether (sulfide) groups is 1. The average molecular weight is 392 g/mol. The van der Waals surface area contributed by atoms with Crippen molar-refractivity contribution in [3.63, 3.8) is 0 Å². The number of hydrogen-bond donors (Lipinski definition) is 0. The first-order valence-electron chi connectivity index (χ1n) is 7.29. The second-order valence-electron chi connectivity index (χ2n) is 5.74. The number of alkyl halides is 3. The van der Waals surface area contributed by atoms with Crippen molar-refractivity contribution < 1.29 is 17.7 Å². The number of pyridine rings is 1. The van der Waals surface area contributed by atoms with Gasteiger partial charge in [-0.2, -0.15) is 18.2 Å². The Morgan fingerprint density at radius 1 is 1.32 bits per heavy atom. The van der Waals surface area contributed by atoms with E-state index in [2.05, 4.69) is 20.3 Å². The smallest absolute Gasteiger partial charge is 0.338 e. The minimum atomic E-state index is -4.51. The molecule has 11 heteroatoms. The molecule has 3 rings (SSSR count). The van der Waals surface area contributed by atoms with Crippen LogP contribution in [0.2, 0.25) is 5.02 Å². The van der Waals surface area contributed by atoms with E-state index < -0.39 is 11.7 Å². The summed E-state index contributed by atoms with van der Waals surface area (Å²) in [5.74, 6) is 1.62. The second kappa shape index (κ2) is 6.83. The van der Waals surface area contributed by atoms with Crippen LogP contribution >= 0.6 is 23.4 Å². The van der Waals surface area contributed by atoms with Gasteiger partial charge in [-0.15, -0.1) is 10.2 Å². The van der Waals surface area contributed by atoms with Gasteiger partial charge in [0.15, 0.2) is 16.6 Å². The van der Waals surface area contributed by atoms with Crippen molar-refractivity contribution in [1.82, 2.24) is 24.7 Å². The Morgan fingerprint density at radius 3 is 2.76 bits per heavy atom. The van der Waals surface area contributed by atoms with Gasteiger partial charge in [0.05, 0.1) is 16.3 Å². The van der Waals surface area contributed by atoms with Crippen LogP contribution in [0.4, 0.5) is 13.2 Å². The summed E-state index contributed by atoms with van der Waals surface area (Å²) in [5, 5.41) is 11.7. The summed E-state index contributed by atoms with van der Waals surface area (Å²) >= 11 is 7.01. The van der Waals surface area contributed by atoms with E-state index in [1.165, 1.54) is 4.40 Å². The Labute approximate surface area is 149 Å². The largest absolute Gasteiger partial charge is 0.417 e. The van der Waals surface area contributed by atoms with Crippen LogP contribution in [0.25, 0.3) is 5.65 Å². The lowest BCUT2D eigenvalue weighted by molar-refractivity contribution is -0.137. The third-order valence-electron chi connectivity index (χ3n) is 3.18. The highest BCUT2D eigenvalue weighted by Gasteiger charge is 2.32. The summed E-state index contributed by atoms with van der Waals surface area (Å²) in [6.07, 6.45) is -2.91. The number of halogens is 4. The molecule has 0 radical (unpaired) electrons. The summed E-state index contributed by atoms with van der Waals surface area (Å²) < 4.78 is 45.2. The van der Waals surface area contributed by atoms with Crippen LogP contribution in [-0.4, -0.2) is 24.7 Å². The Balaban J connectivity index is 1.82. The van der Waals surface area contributed by atoms with Crippen molar-refractivity contribution in [2.45, 2.75) is 37.4 Å². The third kappa shape index (κ3) is 4.06. The van der Waals surface area contributed by atoms with Crippen LogP contribution in [-0.2, 0) is 18.3 Å². The summed E-state index contributed by atoms with van der Waals surface area (Å²) in [4.78, 5) is 4.24.